The minimum absolute atomic E-state index is 0.362. The van der Waals surface area contributed by atoms with Crippen LogP contribution in [0.1, 0.15) is 58.8 Å². The van der Waals surface area contributed by atoms with Crippen molar-refractivity contribution in [1.29, 1.82) is 0 Å². The van der Waals surface area contributed by atoms with Gasteiger partial charge in [-0.2, -0.15) is 0 Å². The Morgan fingerprint density at radius 1 is 1.26 bits per heavy atom. The lowest BCUT2D eigenvalue weighted by molar-refractivity contribution is -0.00129. The lowest BCUT2D eigenvalue weighted by atomic mass is 9.89. The molecule has 19 heavy (non-hydrogen) atoms. The fourth-order valence-corrected chi connectivity index (χ4v) is 3.76. The Labute approximate surface area is 118 Å². The SMILES string of the molecule is CCCNC(C)C1CCN(CC2(O)CCCC2)CC1. The fourth-order valence-electron chi connectivity index (χ4n) is 3.76. The third-order valence-corrected chi connectivity index (χ3v) is 5.11. The fraction of sp³-hybridized carbons (Fsp3) is 1.00. The summed E-state index contributed by atoms with van der Waals surface area (Å²) in [7, 11) is 0. The number of hydrogen-bond donors (Lipinski definition) is 2. The van der Waals surface area contributed by atoms with E-state index in [1.54, 1.807) is 0 Å². The molecular weight excluding hydrogens is 236 g/mol. The second-order valence-corrected chi connectivity index (χ2v) is 6.79. The maximum absolute atomic E-state index is 10.5. The van der Waals surface area contributed by atoms with Crippen molar-refractivity contribution in [3.05, 3.63) is 0 Å². The molecule has 1 heterocycles. The Bertz CT molecular complexity index is 255. The lowest BCUT2D eigenvalue weighted by Crippen LogP contribution is -2.47. The zero-order chi connectivity index (χ0) is 13.7. The van der Waals surface area contributed by atoms with Gasteiger partial charge in [0.05, 0.1) is 5.60 Å². The van der Waals surface area contributed by atoms with Crippen LogP contribution in [-0.4, -0.2) is 47.8 Å². The van der Waals surface area contributed by atoms with E-state index in [9.17, 15) is 5.11 Å². The van der Waals surface area contributed by atoms with Crippen LogP contribution in [0.5, 0.6) is 0 Å². The zero-order valence-electron chi connectivity index (χ0n) is 12.8. The quantitative estimate of drug-likeness (QED) is 0.776. The van der Waals surface area contributed by atoms with Gasteiger partial charge in [0.1, 0.15) is 0 Å². The number of rotatable bonds is 6. The minimum atomic E-state index is -0.362. The van der Waals surface area contributed by atoms with E-state index >= 15 is 0 Å². The largest absolute Gasteiger partial charge is 0.389 e. The molecule has 1 atom stereocenters. The number of piperidine rings is 1. The molecule has 0 aromatic heterocycles. The van der Waals surface area contributed by atoms with Gasteiger partial charge in [-0.25, -0.2) is 0 Å². The second kappa shape index (κ2) is 7.05. The summed E-state index contributed by atoms with van der Waals surface area (Å²) in [4.78, 5) is 2.49. The highest BCUT2D eigenvalue weighted by atomic mass is 16.3. The average molecular weight is 268 g/mol. The molecule has 1 unspecified atom stereocenters. The molecule has 2 fully saturated rings. The second-order valence-electron chi connectivity index (χ2n) is 6.79. The number of nitrogens with one attached hydrogen (secondary N) is 1. The summed E-state index contributed by atoms with van der Waals surface area (Å²) < 4.78 is 0. The zero-order valence-corrected chi connectivity index (χ0v) is 12.8. The number of nitrogens with zero attached hydrogens (tertiary/aromatic N) is 1. The predicted molar refractivity (Wildman–Crippen MR) is 80.3 cm³/mol. The van der Waals surface area contributed by atoms with Gasteiger partial charge in [-0.3, -0.25) is 0 Å². The molecule has 2 N–H and O–H groups in total. The monoisotopic (exact) mass is 268 g/mol. The van der Waals surface area contributed by atoms with E-state index in [0.29, 0.717) is 6.04 Å². The van der Waals surface area contributed by atoms with Crippen LogP contribution in [0.15, 0.2) is 0 Å². The van der Waals surface area contributed by atoms with Crippen LogP contribution in [0, 0.1) is 5.92 Å². The van der Waals surface area contributed by atoms with Gasteiger partial charge < -0.3 is 15.3 Å². The van der Waals surface area contributed by atoms with E-state index in [1.807, 2.05) is 0 Å². The summed E-state index contributed by atoms with van der Waals surface area (Å²) in [6.45, 7) is 8.96. The van der Waals surface area contributed by atoms with Crippen molar-refractivity contribution >= 4 is 0 Å². The lowest BCUT2D eigenvalue weighted by Gasteiger charge is -2.38. The Morgan fingerprint density at radius 2 is 1.89 bits per heavy atom. The van der Waals surface area contributed by atoms with Crippen molar-refractivity contribution in [2.45, 2.75) is 70.4 Å². The van der Waals surface area contributed by atoms with Gasteiger partial charge in [0.25, 0.3) is 0 Å². The summed E-state index contributed by atoms with van der Waals surface area (Å²) in [6.07, 6.45) is 8.25. The van der Waals surface area contributed by atoms with Crippen LogP contribution in [0.4, 0.5) is 0 Å². The molecule has 0 aromatic rings. The molecule has 0 bridgehead atoms. The Kier molecular flexibility index (Phi) is 5.67. The van der Waals surface area contributed by atoms with Gasteiger partial charge in [0, 0.05) is 12.6 Å². The summed E-state index contributed by atoms with van der Waals surface area (Å²) >= 11 is 0. The highest BCUT2D eigenvalue weighted by molar-refractivity contribution is 4.89. The van der Waals surface area contributed by atoms with Gasteiger partial charge >= 0.3 is 0 Å². The number of aliphatic hydroxyl groups is 1. The van der Waals surface area contributed by atoms with Crippen LogP contribution in [0.25, 0.3) is 0 Å². The summed E-state index contributed by atoms with van der Waals surface area (Å²) in [5.74, 6) is 0.820. The highest BCUT2D eigenvalue weighted by Crippen LogP contribution is 2.31. The smallest absolute Gasteiger partial charge is 0.0774 e. The molecule has 1 saturated heterocycles. The van der Waals surface area contributed by atoms with Crippen molar-refractivity contribution in [3.8, 4) is 0 Å². The third kappa shape index (κ3) is 4.44. The minimum Gasteiger partial charge on any atom is -0.389 e. The number of hydrogen-bond acceptors (Lipinski definition) is 3. The van der Waals surface area contributed by atoms with Crippen LogP contribution in [-0.2, 0) is 0 Å². The topological polar surface area (TPSA) is 35.5 Å². The molecule has 0 aromatic carbocycles. The van der Waals surface area contributed by atoms with E-state index in [0.717, 1.165) is 31.8 Å². The summed E-state index contributed by atoms with van der Waals surface area (Å²) in [5, 5.41) is 14.1. The number of likely N-dealkylation sites (tertiary alicyclic amines) is 1. The molecule has 2 aliphatic rings. The molecule has 1 saturated carbocycles. The van der Waals surface area contributed by atoms with E-state index in [4.69, 9.17) is 0 Å². The Morgan fingerprint density at radius 3 is 2.47 bits per heavy atom. The molecule has 1 aliphatic heterocycles. The van der Waals surface area contributed by atoms with Crippen molar-refractivity contribution in [1.82, 2.24) is 10.2 Å². The van der Waals surface area contributed by atoms with Gasteiger partial charge in [0.2, 0.25) is 0 Å². The maximum atomic E-state index is 10.5. The highest BCUT2D eigenvalue weighted by Gasteiger charge is 2.34. The first kappa shape index (κ1) is 15.3. The van der Waals surface area contributed by atoms with Gasteiger partial charge in [-0.15, -0.1) is 0 Å². The van der Waals surface area contributed by atoms with E-state index in [1.165, 1.54) is 45.2 Å². The molecule has 0 radical (unpaired) electrons. The first-order valence-corrected chi connectivity index (χ1v) is 8.31. The van der Waals surface area contributed by atoms with Gasteiger partial charge in [0.15, 0.2) is 0 Å². The number of β-amino-alcohol motifs (C(OH)–C–C–N with tert-alkyl or cyclic N) is 1. The Balaban J connectivity index is 1.70. The molecule has 112 valence electrons. The summed E-state index contributed by atoms with van der Waals surface area (Å²) in [6, 6.07) is 0.650. The van der Waals surface area contributed by atoms with Crippen LogP contribution in [0.3, 0.4) is 0 Å². The van der Waals surface area contributed by atoms with Crippen LogP contribution < -0.4 is 5.32 Å². The van der Waals surface area contributed by atoms with E-state index in [2.05, 4.69) is 24.1 Å². The molecule has 0 spiro atoms. The van der Waals surface area contributed by atoms with Gasteiger partial charge in [-0.1, -0.05) is 19.8 Å². The molecule has 1 aliphatic carbocycles. The van der Waals surface area contributed by atoms with Crippen molar-refractivity contribution in [2.24, 2.45) is 5.92 Å². The third-order valence-electron chi connectivity index (χ3n) is 5.11. The van der Waals surface area contributed by atoms with Crippen molar-refractivity contribution < 1.29 is 5.11 Å². The Hall–Kier alpha value is -0.120. The van der Waals surface area contributed by atoms with Crippen molar-refractivity contribution in [2.75, 3.05) is 26.2 Å². The molecule has 3 heteroatoms. The standard InChI is InChI=1S/C16H32N2O/c1-3-10-17-14(2)15-6-11-18(12-7-15)13-16(19)8-4-5-9-16/h14-15,17,19H,3-13H2,1-2H3. The van der Waals surface area contributed by atoms with Crippen LogP contribution in [0.2, 0.25) is 0 Å². The molecule has 2 rings (SSSR count). The van der Waals surface area contributed by atoms with Crippen LogP contribution >= 0.6 is 0 Å². The van der Waals surface area contributed by atoms with E-state index in [-0.39, 0.29) is 5.60 Å². The molecular formula is C16H32N2O. The molecule has 3 nitrogen and oxygen atoms in total. The van der Waals surface area contributed by atoms with Gasteiger partial charge in [-0.05, 0) is 64.6 Å². The normalized spacial score (nSPS) is 26.7. The molecule has 0 amide bonds. The first-order valence-electron chi connectivity index (χ1n) is 8.31. The van der Waals surface area contributed by atoms with E-state index < -0.39 is 0 Å². The maximum Gasteiger partial charge on any atom is 0.0774 e. The predicted octanol–water partition coefficient (Wildman–Crippen LogP) is 2.39. The first-order chi connectivity index (χ1) is 9.13. The average Bonchev–Trinajstić information content (AvgIpc) is 2.83. The summed E-state index contributed by atoms with van der Waals surface area (Å²) in [5.41, 5.74) is -0.362. The van der Waals surface area contributed by atoms with Crippen molar-refractivity contribution in [3.63, 3.8) is 0 Å².